The Bertz CT molecular complexity index is 909. The minimum Gasteiger partial charge on any atom is -0.457 e. The molecule has 24 heavy (non-hydrogen) atoms. The van der Waals surface area contributed by atoms with E-state index in [-0.39, 0.29) is 5.78 Å². The van der Waals surface area contributed by atoms with Gasteiger partial charge in [-0.05, 0) is 66.7 Å². The second-order valence-corrected chi connectivity index (χ2v) is 6.31. The topological polar surface area (TPSA) is 30.2 Å². The number of halogens is 3. The molecule has 0 N–H and O–H groups in total. The molecule has 0 fully saturated rings. The molecule has 5 heteroatoms. The minimum absolute atomic E-state index is 0.130. The van der Waals surface area contributed by atoms with Crippen molar-refractivity contribution < 1.29 is 9.21 Å². The van der Waals surface area contributed by atoms with Gasteiger partial charge in [-0.1, -0.05) is 34.8 Å². The van der Waals surface area contributed by atoms with E-state index in [2.05, 4.69) is 0 Å². The van der Waals surface area contributed by atoms with Crippen molar-refractivity contribution in [3.8, 4) is 11.3 Å². The maximum Gasteiger partial charge on any atom is 0.185 e. The number of hydrogen-bond donors (Lipinski definition) is 0. The summed E-state index contributed by atoms with van der Waals surface area (Å²) in [5.41, 5.74) is 1.30. The van der Waals surface area contributed by atoms with Crippen LogP contribution in [-0.4, -0.2) is 5.78 Å². The quantitative estimate of drug-likeness (QED) is 0.369. The summed E-state index contributed by atoms with van der Waals surface area (Å²) >= 11 is 17.9. The highest BCUT2D eigenvalue weighted by Gasteiger charge is 2.08. The van der Waals surface area contributed by atoms with E-state index < -0.39 is 0 Å². The number of hydrogen-bond acceptors (Lipinski definition) is 2. The Kier molecular flexibility index (Phi) is 5.10. The van der Waals surface area contributed by atoms with E-state index in [1.54, 1.807) is 60.7 Å². The van der Waals surface area contributed by atoms with E-state index in [0.717, 1.165) is 5.56 Å². The summed E-state index contributed by atoms with van der Waals surface area (Å²) < 4.78 is 5.71. The van der Waals surface area contributed by atoms with E-state index in [0.29, 0.717) is 32.2 Å². The molecule has 0 amide bonds. The molecule has 2 nitrogen and oxygen atoms in total. The fourth-order valence-corrected chi connectivity index (χ4v) is 2.77. The number of ketones is 1. The molecule has 0 spiro atoms. The molecule has 0 aliphatic heterocycles. The molecule has 0 bridgehead atoms. The molecule has 1 heterocycles. The summed E-state index contributed by atoms with van der Waals surface area (Å²) in [6, 6.07) is 15.5. The van der Waals surface area contributed by atoms with Gasteiger partial charge >= 0.3 is 0 Å². The molecule has 0 aliphatic rings. The summed E-state index contributed by atoms with van der Waals surface area (Å²) in [5, 5.41) is 1.65. The zero-order chi connectivity index (χ0) is 17.1. The Morgan fingerprint density at radius 3 is 2.29 bits per heavy atom. The predicted molar refractivity (Wildman–Crippen MR) is 99.0 cm³/mol. The van der Waals surface area contributed by atoms with Crippen LogP contribution < -0.4 is 0 Å². The average molecular weight is 378 g/mol. The maximum absolute atomic E-state index is 12.1. The lowest BCUT2D eigenvalue weighted by atomic mass is 10.1. The first-order valence-electron chi connectivity index (χ1n) is 7.06. The molecule has 0 aliphatic carbocycles. The molecular weight excluding hydrogens is 367 g/mol. The standard InChI is InChI=1S/C19H11Cl3O2/c20-13-3-1-12(2-4-13)18(23)9-6-15-7-10-19(24-15)16-8-5-14(21)11-17(16)22/h1-11H/b9-6+. The van der Waals surface area contributed by atoms with Crippen molar-refractivity contribution in [2.24, 2.45) is 0 Å². The van der Waals surface area contributed by atoms with Crippen LogP contribution in [-0.2, 0) is 0 Å². The Morgan fingerprint density at radius 2 is 1.58 bits per heavy atom. The van der Waals surface area contributed by atoms with Crippen molar-refractivity contribution in [3.63, 3.8) is 0 Å². The molecule has 120 valence electrons. The summed E-state index contributed by atoms with van der Waals surface area (Å²) in [6.45, 7) is 0. The van der Waals surface area contributed by atoms with Crippen molar-refractivity contribution in [1.82, 2.24) is 0 Å². The third-order valence-electron chi connectivity index (χ3n) is 3.35. The van der Waals surface area contributed by atoms with Crippen LogP contribution in [0.4, 0.5) is 0 Å². The van der Waals surface area contributed by atoms with Crippen LogP contribution in [0.5, 0.6) is 0 Å². The molecule has 0 saturated carbocycles. The van der Waals surface area contributed by atoms with Crippen molar-refractivity contribution in [3.05, 3.63) is 87.1 Å². The second-order valence-electron chi connectivity index (χ2n) is 5.03. The number of rotatable bonds is 4. The van der Waals surface area contributed by atoms with Crippen LogP contribution in [0.15, 0.2) is 65.1 Å². The van der Waals surface area contributed by atoms with Crippen LogP contribution in [0.1, 0.15) is 16.1 Å². The largest absolute Gasteiger partial charge is 0.457 e. The number of benzene rings is 2. The fraction of sp³-hybridized carbons (Fsp3) is 0. The summed E-state index contributed by atoms with van der Waals surface area (Å²) in [7, 11) is 0. The van der Waals surface area contributed by atoms with E-state index >= 15 is 0 Å². The van der Waals surface area contributed by atoms with Crippen LogP contribution in [0, 0.1) is 0 Å². The first-order chi connectivity index (χ1) is 11.5. The van der Waals surface area contributed by atoms with Crippen molar-refractivity contribution >= 4 is 46.7 Å². The number of carbonyl (C=O) groups excluding carboxylic acids is 1. The van der Waals surface area contributed by atoms with Gasteiger partial charge in [0, 0.05) is 21.2 Å². The van der Waals surface area contributed by atoms with Crippen LogP contribution in [0.25, 0.3) is 17.4 Å². The van der Waals surface area contributed by atoms with E-state index in [1.165, 1.54) is 6.08 Å². The Hall–Kier alpha value is -2.00. The van der Waals surface area contributed by atoms with Crippen molar-refractivity contribution in [2.45, 2.75) is 0 Å². The van der Waals surface area contributed by atoms with Gasteiger partial charge in [-0.25, -0.2) is 0 Å². The normalized spacial score (nSPS) is 11.1. The molecule has 1 aromatic heterocycles. The van der Waals surface area contributed by atoms with Gasteiger partial charge in [0.2, 0.25) is 0 Å². The lowest BCUT2D eigenvalue weighted by Gasteiger charge is -2.00. The Morgan fingerprint density at radius 1 is 0.875 bits per heavy atom. The second kappa shape index (κ2) is 7.27. The number of furan rings is 1. The highest BCUT2D eigenvalue weighted by molar-refractivity contribution is 6.36. The zero-order valence-corrected chi connectivity index (χ0v) is 14.6. The average Bonchev–Trinajstić information content (AvgIpc) is 3.02. The molecule has 3 aromatic rings. The summed E-state index contributed by atoms with van der Waals surface area (Å²) in [5.74, 6) is 1.03. The molecule has 0 radical (unpaired) electrons. The third kappa shape index (κ3) is 3.90. The molecule has 0 saturated heterocycles. The Balaban J connectivity index is 1.78. The lowest BCUT2D eigenvalue weighted by molar-refractivity contribution is 0.104. The molecular formula is C19H11Cl3O2. The molecule has 2 aromatic carbocycles. The third-order valence-corrected chi connectivity index (χ3v) is 4.15. The van der Waals surface area contributed by atoms with Crippen molar-refractivity contribution in [1.29, 1.82) is 0 Å². The van der Waals surface area contributed by atoms with Crippen LogP contribution >= 0.6 is 34.8 Å². The van der Waals surface area contributed by atoms with Gasteiger partial charge in [-0.2, -0.15) is 0 Å². The van der Waals surface area contributed by atoms with E-state index in [9.17, 15) is 4.79 Å². The van der Waals surface area contributed by atoms with Crippen LogP contribution in [0.3, 0.4) is 0 Å². The van der Waals surface area contributed by atoms with E-state index in [4.69, 9.17) is 39.2 Å². The van der Waals surface area contributed by atoms with Crippen LogP contribution in [0.2, 0.25) is 15.1 Å². The lowest BCUT2D eigenvalue weighted by Crippen LogP contribution is -1.92. The predicted octanol–water partition coefficient (Wildman–Crippen LogP) is 6.80. The molecule has 3 rings (SSSR count). The molecule has 0 unspecified atom stereocenters. The highest BCUT2D eigenvalue weighted by Crippen LogP contribution is 2.31. The smallest absolute Gasteiger partial charge is 0.185 e. The Labute approximate surface area is 154 Å². The van der Waals surface area contributed by atoms with Gasteiger partial charge < -0.3 is 4.42 Å². The highest BCUT2D eigenvalue weighted by atomic mass is 35.5. The van der Waals surface area contributed by atoms with Gasteiger partial charge in [0.05, 0.1) is 5.02 Å². The first kappa shape index (κ1) is 16.8. The van der Waals surface area contributed by atoms with Gasteiger partial charge in [0.1, 0.15) is 11.5 Å². The zero-order valence-electron chi connectivity index (χ0n) is 12.3. The molecule has 0 atom stereocenters. The number of carbonyl (C=O) groups is 1. The van der Waals surface area contributed by atoms with Crippen molar-refractivity contribution in [2.75, 3.05) is 0 Å². The first-order valence-corrected chi connectivity index (χ1v) is 8.19. The van der Waals surface area contributed by atoms with Gasteiger partial charge in [0.15, 0.2) is 5.78 Å². The summed E-state index contributed by atoms with van der Waals surface area (Å²) in [6.07, 6.45) is 3.07. The van der Waals surface area contributed by atoms with E-state index in [1.807, 2.05) is 0 Å². The van der Waals surface area contributed by atoms with Gasteiger partial charge in [-0.3, -0.25) is 4.79 Å². The monoisotopic (exact) mass is 376 g/mol. The number of allylic oxidation sites excluding steroid dienone is 1. The maximum atomic E-state index is 12.1. The SMILES string of the molecule is O=C(/C=C/c1ccc(-c2ccc(Cl)cc2Cl)o1)c1ccc(Cl)cc1. The fourth-order valence-electron chi connectivity index (χ4n) is 2.14. The summed E-state index contributed by atoms with van der Waals surface area (Å²) in [4.78, 5) is 12.1. The van der Waals surface area contributed by atoms with Gasteiger partial charge in [-0.15, -0.1) is 0 Å². The minimum atomic E-state index is -0.130. The van der Waals surface area contributed by atoms with Gasteiger partial charge in [0.25, 0.3) is 0 Å².